The number of rotatable bonds is 19. The number of nitrogens with zero attached hydrogens (tertiary/aromatic N) is 1. The Morgan fingerprint density at radius 2 is 1.68 bits per heavy atom. The monoisotopic (exact) mass is 668 g/mol. The highest BCUT2D eigenvalue weighted by Gasteiger charge is 2.29. The fraction of sp³-hybridized carbons (Fsp3) is 0.394. The highest BCUT2D eigenvalue weighted by molar-refractivity contribution is 7.89. The molecule has 3 aromatic rings. The number of amides is 2. The van der Waals surface area contributed by atoms with Crippen molar-refractivity contribution in [3.8, 4) is 5.75 Å². The molecule has 1 aromatic heterocycles. The minimum atomic E-state index is -4.21. The molecule has 6 N–H and O–H groups in total. The molecule has 2 amide bonds. The third-order valence-electron chi connectivity index (χ3n) is 7.07. The second-order valence-electron chi connectivity index (χ2n) is 10.8. The molecule has 47 heavy (non-hydrogen) atoms. The number of benzene rings is 2. The van der Waals surface area contributed by atoms with Crippen molar-refractivity contribution in [1.29, 1.82) is 0 Å². The van der Waals surface area contributed by atoms with E-state index >= 15 is 0 Å². The molecule has 13 nitrogen and oxygen atoms in total. The summed E-state index contributed by atoms with van der Waals surface area (Å²) in [7, 11) is -3.08. The molecule has 0 bridgehead atoms. The van der Waals surface area contributed by atoms with Gasteiger partial charge in [-0.05, 0) is 86.2 Å². The molecule has 0 aliphatic heterocycles. The minimum Gasteiger partial charge on any atom is -0.494 e. The van der Waals surface area contributed by atoms with Gasteiger partial charge >= 0.3 is 5.97 Å². The zero-order chi connectivity index (χ0) is 34.2. The summed E-state index contributed by atoms with van der Waals surface area (Å²) in [6, 6.07) is 14.5. The van der Waals surface area contributed by atoms with Gasteiger partial charge in [0.15, 0.2) is 0 Å². The van der Waals surface area contributed by atoms with Crippen LogP contribution in [0.25, 0.3) is 0 Å². The van der Waals surface area contributed by atoms with E-state index in [-0.39, 0.29) is 30.4 Å². The molecule has 1 atom stereocenters. The summed E-state index contributed by atoms with van der Waals surface area (Å²) in [6.07, 6.45) is 4.14. The van der Waals surface area contributed by atoms with Crippen LogP contribution in [0.15, 0.2) is 65.7 Å². The molecule has 0 fully saturated rings. The Labute approximate surface area is 276 Å². The Morgan fingerprint density at radius 1 is 0.957 bits per heavy atom. The van der Waals surface area contributed by atoms with Crippen molar-refractivity contribution >= 4 is 33.6 Å². The van der Waals surface area contributed by atoms with Gasteiger partial charge in [0, 0.05) is 44.4 Å². The van der Waals surface area contributed by atoms with E-state index in [1.54, 1.807) is 44.3 Å². The lowest BCUT2D eigenvalue weighted by Crippen LogP contribution is -2.49. The SMILES string of the molecule is COC(=O)C(CNC(=O)c1ccc(CCCNc2ccccn2)cc1)NS(=O)(=O)c1c(C)cc(OCCCC(=O)NCCN)cc1C. The van der Waals surface area contributed by atoms with Crippen LogP contribution in [0, 0.1) is 13.8 Å². The van der Waals surface area contributed by atoms with Crippen molar-refractivity contribution in [3.63, 3.8) is 0 Å². The smallest absolute Gasteiger partial charge is 0.325 e. The van der Waals surface area contributed by atoms with Gasteiger partial charge in [0.25, 0.3) is 5.91 Å². The van der Waals surface area contributed by atoms with Crippen molar-refractivity contribution in [1.82, 2.24) is 20.3 Å². The van der Waals surface area contributed by atoms with Gasteiger partial charge in [-0.1, -0.05) is 18.2 Å². The maximum Gasteiger partial charge on any atom is 0.325 e. The van der Waals surface area contributed by atoms with Gasteiger partial charge in [0.2, 0.25) is 15.9 Å². The Morgan fingerprint density at radius 3 is 2.32 bits per heavy atom. The molecular formula is C33H44N6O7S. The summed E-state index contributed by atoms with van der Waals surface area (Å²) in [5.74, 6) is -0.174. The van der Waals surface area contributed by atoms with Crippen molar-refractivity contribution in [2.24, 2.45) is 5.73 Å². The molecule has 1 unspecified atom stereocenters. The van der Waals surface area contributed by atoms with Crippen LogP contribution in [0.4, 0.5) is 5.82 Å². The lowest BCUT2D eigenvalue weighted by Gasteiger charge is -2.20. The normalized spacial score (nSPS) is 11.7. The number of esters is 1. The average molecular weight is 669 g/mol. The first-order valence-corrected chi connectivity index (χ1v) is 16.9. The van der Waals surface area contributed by atoms with Gasteiger partial charge in [-0.3, -0.25) is 14.4 Å². The van der Waals surface area contributed by atoms with E-state index in [1.807, 2.05) is 30.3 Å². The predicted octanol–water partition coefficient (Wildman–Crippen LogP) is 2.23. The number of ether oxygens (including phenoxy) is 2. The van der Waals surface area contributed by atoms with Crippen LogP contribution in [-0.2, 0) is 30.8 Å². The number of methoxy groups -OCH3 is 1. The van der Waals surface area contributed by atoms with Gasteiger partial charge in [0.1, 0.15) is 17.6 Å². The van der Waals surface area contributed by atoms with E-state index in [0.717, 1.165) is 37.9 Å². The largest absolute Gasteiger partial charge is 0.494 e. The number of sulfonamides is 1. The number of nitrogens with one attached hydrogen (secondary N) is 4. The van der Waals surface area contributed by atoms with Crippen LogP contribution in [0.1, 0.15) is 46.3 Å². The van der Waals surface area contributed by atoms with Gasteiger partial charge < -0.3 is 31.2 Å². The van der Waals surface area contributed by atoms with E-state index in [1.165, 1.54) is 0 Å². The molecule has 0 aliphatic carbocycles. The second-order valence-corrected chi connectivity index (χ2v) is 12.5. The van der Waals surface area contributed by atoms with Crippen LogP contribution in [-0.4, -0.2) is 77.1 Å². The zero-order valence-electron chi connectivity index (χ0n) is 27.0. The number of hydrogen-bond donors (Lipinski definition) is 5. The predicted molar refractivity (Wildman–Crippen MR) is 179 cm³/mol. The van der Waals surface area contributed by atoms with E-state index in [0.29, 0.717) is 42.0 Å². The Hall–Kier alpha value is -4.53. The summed E-state index contributed by atoms with van der Waals surface area (Å²) < 4.78 is 39.8. The van der Waals surface area contributed by atoms with Crippen LogP contribution in [0.2, 0.25) is 0 Å². The lowest BCUT2D eigenvalue weighted by atomic mass is 10.1. The van der Waals surface area contributed by atoms with Gasteiger partial charge in [-0.2, -0.15) is 4.72 Å². The van der Waals surface area contributed by atoms with Crippen molar-refractivity contribution in [3.05, 3.63) is 83.0 Å². The fourth-order valence-electron chi connectivity index (χ4n) is 4.80. The number of pyridine rings is 1. The van der Waals surface area contributed by atoms with Crippen LogP contribution < -0.4 is 31.1 Å². The third-order valence-corrected chi connectivity index (χ3v) is 8.84. The lowest BCUT2D eigenvalue weighted by molar-refractivity contribution is -0.142. The van der Waals surface area contributed by atoms with E-state index in [9.17, 15) is 22.8 Å². The summed E-state index contributed by atoms with van der Waals surface area (Å²) >= 11 is 0. The van der Waals surface area contributed by atoms with Crippen LogP contribution in [0.3, 0.4) is 0 Å². The number of nitrogens with two attached hydrogens (primary N) is 1. The molecule has 0 radical (unpaired) electrons. The summed E-state index contributed by atoms with van der Waals surface area (Å²) in [5.41, 5.74) is 7.59. The minimum absolute atomic E-state index is 0.0166. The molecule has 0 aliphatic rings. The molecule has 1 heterocycles. The summed E-state index contributed by atoms with van der Waals surface area (Å²) in [6.45, 7) is 4.68. The Kier molecular flexibility index (Phi) is 14.6. The zero-order valence-corrected chi connectivity index (χ0v) is 27.8. The first-order chi connectivity index (χ1) is 22.5. The number of hydrogen-bond acceptors (Lipinski definition) is 10. The van der Waals surface area contributed by atoms with E-state index in [2.05, 4.69) is 25.7 Å². The van der Waals surface area contributed by atoms with Gasteiger partial charge in [-0.25, -0.2) is 13.4 Å². The van der Waals surface area contributed by atoms with Gasteiger partial charge in [0.05, 0.1) is 18.6 Å². The molecule has 0 spiro atoms. The standard InChI is InChI=1S/C33H44N6O7S/c1-23-20-27(46-19-7-10-30(40)37-18-15-34)21-24(2)31(23)47(43,44)39-28(33(42)45-3)22-38-32(41)26-13-11-25(12-14-26)8-6-17-36-29-9-4-5-16-35-29/h4-5,9,11-14,16,20-21,28,39H,6-8,10,15,17-19,22,34H2,1-3H3,(H,35,36)(H,37,40)(H,38,41). The number of aromatic nitrogens is 1. The molecule has 0 saturated carbocycles. The highest BCUT2D eigenvalue weighted by Crippen LogP contribution is 2.26. The van der Waals surface area contributed by atoms with Gasteiger partial charge in [-0.15, -0.1) is 0 Å². The number of aryl methyl sites for hydroxylation is 3. The van der Waals surface area contributed by atoms with E-state index < -0.39 is 27.9 Å². The molecule has 254 valence electrons. The average Bonchev–Trinajstić information content (AvgIpc) is 3.05. The molecule has 2 aromatic carbocycles. The number of carbonyl (C=O) groups is 3. The quantitative estimate of drug-likeness (QED) is 0.0935. The summed E-state index contributed by atoms with van der Waals surface area (Å²) in [5, 5.41) is 8.57. The first kappa shape index (κ1) is 36.9. The van der Waals surface area contributed by atoms with Crippen LogP contribution >= 0.6 is 0 Å². The number of anilines is 1. The molecular weight excluding hydrogens is 624 g/mol. The molecule has 14 heteroatoms. The van der Waals surface area contributed by atoms with Crippen molar-refractivity contribution in [2.75, 3.05) is 45.2 Å². The van der Waals surface area contributed by atoms with E-state index in [4.69, 9.17) is 15.2 Å². The summed E-state index contributed by atoms with van der Waals surface area (Å²) in [4.78, 5) is 41.3. The Bertz CT molecular complexity index is 1560. The van der Waals surface area contributed by atoms with Crippen molar-refractivity contribution < 1.29 is 32.3 Å². The fourth-order valence-corrected chi connectivity index (χ4v) is 6.44. The first-order valence-electron chi connectivity index (χ1n) is 15.4. The number of carbonyl (C=O) groups excluding carboxylic acids is 3. The third kappa shape index (κ3) is 12.0. The topological polar surface area (TPSA) is 191 Å². The Balaban J connectivity index is 1.55. The maximum atomic E-state index is 13.4. The highest BCUT2D eigenvalue weighted by atomic mass is 32.2. The van der Waals surface area contributed by atoms with Crippen molar-refractivity contribution in [2.45, 2.75) is 50.5 Å². The maximum absolute atomic E-state index is 13.4. The molecule has 0 saturated heterocycles. The molecule has 3 rings (SSSR count). The second kappa shape index (κ2) is 18.6. The van der Waals surface area contributed by atoms with Crippen LogP contribution in [0.5, 0.6) is 5.75 Å².